The van der Waals surface area contributed by atoms with Gasteiger partial charge in [-0.05, 0) is 6.26 Å². The Hall–Kier alpha value is -0.970. The molecule has 0 aliphatic rings. The molecule has 1 aromatic heterocycles. The summed E-state index contributed by atoms with van der Waals surface area (Å²) in [5.74, 6) is 0.164. The van der Waals surface area contributed by atoms with Crippen molar-refractivity contribution >= 4 is 22.8 Å². The molecule has 0 saturated heterocycles. The van der Waals surface area contributed by atoms with Crippen LogP contribution in [0.2, 0.25) is 0 Å². The molecule has 0 saturated carbocycles. The number of nitrogen functional groups attached to an aromatic ring is 1. The lowest BCUT2D eigenvalue weighted by atomic mass is 10.5. The third-order valence-electron chi connectivity index (χ3n) is 0.923. The van der Waals surface area contributed by atoms with Gasteiger partial charge < -0.3 is 10.3 Å². The molecule has 2 N–H and O–H groups in total. The molecule has 0 aromatic carbocycles. The molecule has 54 valence electrons. The Balaban J connectivity index is 2.85. The zero-order valence-corrected chi connectivity index (χ0v) is 6.14. The number of nitrogens with zero attached hydrogens (tertiary/aromatic N) is 1. The van der Waals surface area contributed by atoms with Crippen LogP contribution in [0.15, 0.2) is 10.6 Å². The van der Waals surface area contributed by atoms with Crippen LogP contribution in [0.5, 0.6) is 0 Å². The van der Waals surface area contributed by atoms with E-state index in [0.29, 0.717) is 0 Å². The number of carbonyl (C=O) groups is 1. The maximum absolute atomic E-state index is 10.8. The number of hydrogen-bond donors (Lipinski definition) is 1. The predicted molar refractivity (Wildman–Crippen MR) is 38.8 cm³/mol. The first-order chi connectivity index (χ1) is 4.74. The monoisotopic (exact) mass is 158 g/mol. The van der Waals surface area contributed by atoms with Crippen LogP contribution in [0.1, 0.15) is 10.5 Å². The highest BCUT2D eigenvalue weighted by Crippen LogP contribution is 2.10. The Kier molecular flexibility index (Phi) is 1.96. The van der Waals surface area contributed by atoms with E-state index in [1.807, 2.05) is 0 Å². The Morgan fingerprint density at radius 3 is 3.00 bits per heavy atom. The van der Waals surface area contributed by atoms with Gasteiger partial charge in [-0.25, -0.2) is 0 Å². The van der Waals surface area contributed by atoms with Gasteiger partial charge in [-0.3, -0.25) is 4.79 Å². The van der Waals surface area contributed by atoms with Gasteiger partial charge in [0, 0.05) is 6.07 Å². The van der Waals surface area contributed by atoms with Crippen LogP contribution in [-0.4, -0.2) is 16.5 Å². The number of rotatable bonds is 1. The van der Waals surface area contributed by atoms with Crippen molar-refractivity contribution in [3.05, 3.63) is 11.8 Å². The van der Waals surface area contributed by atoms with Crippen LogP contribution < -0.4 is 5.73 Å². The molecule has 0 spiro atoms. The molecule has 0 atom stereocenters. The van der Waals surface area contributed by atoms with Gasteiger partial charge in [-0.2, -0.15) is 0 Å². The Morgan fingerprint density at radius 2 is 2.60 bits per heavy atom. The number of aromatic nitrogens is 1. The normalized spacial score (nSPS) is 9.70. The molecule has 0 bridgehead atoms. The maximum Gasteiger partial charge on any atom is 0.241 e. The number of carbonyl (C=O) groups excluding carboxylic acids is 1. The number of hydrogen-bond acceptors (Lipinski definition) is 5. The van der Waals surface area contributed by atoms with Gasteiger partial charge >= 0.3 is 0 Å². The Morgan fingerprint density at radius 1 is 1.90 bits per heavy atom. The number of nitrogens with two attached hydrogens (primary N) is 1. The summed E-state index contributed by atoms with van der Waals surface area (Å²) in [6.45, 7) is 0. The van der Waals surface area contributed by atoms with E-state index in [4.69, 9.17) is 5.73 Å². The van der Waals surface area contributed by atoms with E-state index in [2.05, 4.69) is 9.68 Å². The minimum atomic E-state index is -0.138. The summed E-state index contributed by atoms with van der Waals surface area (Å²) < 4.78 is 4.48. The minimum Gasteiger partial charge on any atom is -0.368 e. The second-order valence-electron chi connectivity index (χ2n) is 1.61. The third-order valence-corrected chi connectivity index (χ3v) is 1.50. The highest BCUT2D eigenvalue weighted by atomic mass is 32.2. The molecule has 0 fully saturated rings. The van der Waals surface area contributed by atoms with Crippen molar-refractivity contribution < 1.29 is 9.32 Å². The maximum atomic E-state index is 10.8. The van der Waals surface area contributed by atoms with Crippen molar-refractivity contribution in [2.75, 3.05) is 12.0 Å². The summed E-state index contributed by atoms with van der Waals surface area (Å²) in [4.78, 5) is 10.8. The lowest BCUT2D eigenvalue weighted by Gasteiger charge is -1.83. The largest absolute Gasteiger partial charge is 0.368 e. The topological polar surface area (TPSA) is 69.1 Å². The molecule has 10 heavy (non-hydrogen) atoms. The zero-order chi connectivity index (χ0) is 7.56. The van der Waals surface area contributed by atoms with Crippen LogP contribution in [-0.2, 0) is 0 Å². The highest BCUT2D eigenvalue weighted by Gasteiger charge is 2.08. The van der Waals surface area contributed by atoms with Gasteiger partial charge in [-0.1, -0.05) is 16.9 Å². The lowest BCUT2D eigenvalue weighted by Crippen LogP contribution is -1.90. The fourth-order valence-corrected chi connectivity index (χ4v) is 0.795. The molecule has 5 heteroatoms. The standard InChI is InChI=1S/C5H6N2O2S/c1-10-5(8)3-2-4(6)9-7-3/h2H,6H2,1H3. The molecule has 4 nitrogen and oxygen atoms in total. The molecule has 0 amide bonds. The molecule has 0 unspecified atom stereocenters. The summed E-state index contributed by atoms with van der Waals surface area (Å²) in [6, 6.07) is 1.40. The quantitative estimate of drug-likeness (QED) is 0.653. The van der Waals surface area contributed by atoms with Crippen molar-refractivity contribution in [3.63, 3.8) is 0 Å². The molecule has 0 radical (unpaired) electrons. The average molecular weight is 158 g/mol. The zero-order valence-electron chi connectivity index (χ0n) is 5.33. The van der Waals surface area contributed by atoms with E-state index in [1.54, 1.807) is 6.26 Å². The fraction of sp³-hybridized carbons (Fsp3) is 0.200. The van der Waals surface area contributed by atoms with Crippen LogP contribution in [0.25, 0.3) is 0 Å². The summed E-state index contributed by atoms with van der Waals surface area (Å²) in [5, 5.41) is 3.28. The van der Waals surface area contributed by atoms with E-state index in [1.165, 1.54) is 6.07 Å². The Labute approximate surface area is 61.8 Å². The van der Waals surface area contributed by atoms with E-state index in [9.17, 15) is 4.79 Å². The van der Waals surface area contributed by atoms with Crippen molar-refractivity contribution in [2.24, 2.45) is 0 Å². The number of thioether (sulfide) groups is 1. The lowest BCUT2D eigenvalue weighted by molar-refractivity contribution is 0.108. The van der Waals surface area contributed by atoms with Crippen molar-refractivity contribution in [1.82, 2.24) is 5.16 Å². The average Bonchev–Trinajstić information content (AvgIpc) is 2.34. The molecular formula is C5H6N2O2S. The van der Waals surface area contributed by atoms with Gasteiger partial charge in [0.1, 0.15) is 0 Å². The number of anilines is 1. The smallest absolute Gasteiger partial charge is 0.241 e. The van der Waals surface area contributed by atoms with Gasteiger partial charge in [0.15, 0.2) is 5.69 Å². The first-order valence-electron chi connectivity index (χ1n) is 2.54. The van der Waals surface area contributed by atoms with Gasteiger partial charge in [0.2, 0.25) is 11.0 Å². The highest BCUT2D eigenvalue weighted by molar-refractivity contribution is 8.13. The van der Waals surface area contributed by atoms with Gasteiger partial charge in [0.25, 0.3) is 0 Å². The van der Waals surface area contributed by atoms with Crippen LogP contribution in [0, 0.1) is 0 Å². The van der Waals surface area contributed by atoms with Crippen molar-refractivity contribution in [2.45, 2.75) is 0 Å². The van der Waals surface area contributed by atoms with E-state index >= 15 is 0 Å². The van der Waals surface area contributed by atoms with E-state index in [-0.39, 0.29) is 16.7 Å². The van der Waals surface area contributed by atoms with E-state index in [0.717, 1.165) is 11.8 Å². The first kappa shape index (κ1) is 7.14. The summed E-state index contributed by atoms with van der Waals surface area (Å²) in [6.07, 6.45) is 1.67. The second-order valence-corrected chi connectivity index (χ2v) is 2.39. The molecule has 1 heterocycles. The molecule has 0 aliphatic heterocycles. The molecule has 1 rings (SSSR count). The SMILES string of the molecule is CSC(=O)c1cc(N)on1. The van der Waals surface area contributed by atoms with E-state index < -0.39 is 0 Å². The fourth-order valence-electron chi connectivity index (χ4n) is 0.490. The Bertz CT molecular complexity index is 246. The molecular weight excluding hydrogens is 152 g/mol. The van der Waals surface area contributed by atoms with Crippen molar-refractivity contribution in [1.29, 1.82) is 0 Å². The molecule has 1 aromatic rings. The summed E-state index contributed by atoms with van der Waals surface area (Å²) >= 11 is 1.07. The van der Waals surface area contributed by atoms with Gasteiger partial charge in [0.05, 0.1) is 0 Å². The van der Waals surface area contributed by atoms with Crippen molar-refractivity contribution in [3.8, 4) is 0 Å². The minimum absolute atomic E-state index is 0.138. The summed E-state index contributed by atoms with van der Waals surface area (Å²) in [5.41, 5.74) is 5.45. The first-order valence-corrected chi connectivity index (χ1v) is 3.77. The third kappa shape index (κ3) is 1.30. The predicted octanol–water partition coefficient (Wildman–Crippen LogP) is 0.760. The van der Waals surface area contributed by atoms with Crippen LogP contribution in [0.3, 0.4) is 0 Å². The van der Waals surface area contributed by atoms with Gasteiger partial charge in [-0.15, -0.1) is 0 Å². The molecule has 0 aliphatic carbocycles. The summed E-state index contributed by atoms with van der Waals surface area (Å²) in [7, 11) is 0. The van der Waals surface area contributed by atoms with Crippen LogP contribution >= 0.6 is 11.8 Å². The van der Waals surface area contributed by atoms with Crippen LogP contribution in [0.4, 0.5) is 5.88 Å². The second kappa shape index (κ2) is 2.74.